The topological polar surface area (TPSA) is 26.3 Å². The number of ether oxygens (including phenoxy) is 1. The number of esters is 1. The molecule has 2 heteroatoms. The summed E-state index contributed by atoms with van der Waals surface area (Å²) in [6.07, 6.45) is 27.9. The zero-order chi connectivity index (χ0) is 20.7. The van der Waals surface area contributed by atoms with Crippen LogP contribution in [0, 0.1) is 5.92 Å². The molecular weight excluding hydrogens is 344 g/mol. The maximum atomic E-state index is 12.1. The van der Waals surface area contributed by atoms with Crippen LogP contribution in [0.25, 0.3) is 0 Å². The van der Waals surface area contributed by atoms with Gasteiger partial charge in [-0.15, -0.1) is 0 Å². The van der Waals surface area contributed by atoms with Crippen LogP contribution in [-0.2, 0) is 9.53 Å². The lowest BCUT2D eigenvalue weighted by Crippen LogP contribution is -2.11. The van der Waals surface area contributed by atoms with Crippen molar-refractivity contribution >= 4 is 5.97 Å². The second-order valence-corrected chi connectivity index (χ2v) is 7.82. The second kappa shape index (κ2) is 22.0. The predicted octanol–water partition coefficient (Wildman–Crippen LogP) is 8.34. The Balaban J connectivity index is 3.75. The third kappa shape index (κ3) is 19.5. The summed E-state index contributed by atoms with van der Waals surface area (Å²) in [6.45, 7) is 8.75. The first-order chi connectivity index (χ1) is 13.7. The van der Waals surface area contributed by atoms with Gasteiger partial charge in [0.15, 0.2) is 0 Å². The summed E-state index contributed by atoms with van der Waals surface area (Å²) < 4.78 is 5.46. The second-order valence-electron chi connectivity index (χ2n) is 7.82. The average molecular weight is 391 g/mol. The molecule has 0 aliphatic carbocycles. The van der Waals surface area contributed by atoms with Crippen LogP contribution in [0.5, 0.6) is 0 Å². The van der Waals surface area contributed by atoms with Crippen LogP contribution in [0.1, 0.15) is 110 Å². The summed E-state index contributed by atoms with van der Waals surface area (Å²) in [4.78, 5) is 12.1. The largest absolute Gasteiger partial charge is 0.466 e. The molecule has 0 aromatic carbocycles. The average Bonchev–Trinajstić information content (AvgIpc) is 2.69. The smallest absolute Gasteiger partial charge is 0.306 e. The van der Waals surface area contributed by atoms with Crippen LogP contribution in [0.3, 0.4) is 0 Å². The Morgan fingerprint density at radius 3 is 2.29 bits per heavy atom. The summed E-state index contributed by atoms with van der Waals surface area (Å²) >= 11 is 0. The van der Waals surface area contributed by atoms with Gasteiger partial charge < -0.3 is 4.74 Å². The molecule has 0 saturated carbocycles. The molecule has 0 bridgehead atoms. The molecule has 162 valence electrons. The molecule has 0 rings (SSSR count). The molecule has 0 saturated heterocycles. The van der Waals surface area contributed by atoms with Crippen molar-refractivity contribution in [3.8, 4) is 0 Å². The zero-order valence-corrected chi connectivity index (χ0v) is 18.8. The third-order valence-corrected chi connectivity index (χ3v) is 5.03. The van der Waals surface area contributed by atoms with E-state index in [-0.39, 0.29) is 11.9 Å². The van der Waals surface area contributed by atoms with Crippen molar-refractivity contribution in [2.75, 3.05) is 6.61 Å². The fourth-order valence-corrected chi connectivity index (χ4v) is 3.27. The quantitative estimate of drug-likeness (QED) is 0.0903. The lowest BCUT2D eigenvalue weighted by atomic mass is 9.96. The van der Waals surface area contributed by atoms with Crippen LogP contribution in [-0.4, -0.2) is 12.6 Å². The third-order valence-electron chi connectivity index (χ3n) is 5.03. The van der Waals surface area contributed by atoms with Crippen molar-refractivity contribution in [3.63, 3.8) is 0 Å². The van der Waals surface area contributed by atoms with Crippen LogP contribution < -0.4 is 0 Å². The lowest BCUT2D eigenvalue weighted by Gasteiger charge is -2.12. The van der Waals surface area contributed by atoms with Crippen molar-refractivity contribution in [2.45, 2.75) is 110 Å². The van der Waals surface area contributed by atoms with Gasteiger partial charge in [-0.25, -0.2) is 0 Å². The minimum Gasteiger partial charge on any atom is -0.466 e. The number of carbonyl (C=O) groups is 1. The fourth-order valence-electron chi connectivity index (χ4n) is 3.27. The van der Waals surface area contributed by atoms with Gasteiger partial charge in [-0.1, -0.05) is 109 Å². The number of rotatable bonds is 20. The molecule has 0 aromatic heterocycles. The van der Waals surface area contributed by atoms with Crippen molar-refractivity contribution in [3.05, 3.63) is 37.0 Å². The minimum absolute atomic E-state index is 0.0478. The highest BCUT2D eigenvalue weighted by molar-refractivity contribution is 5.69. The number of allylic oxidation sites excluding steroid dienone is 5. The number of unbranched alkanes of at least 4 members (excludes halogenated alkanes) is 10. The first-order valence-corrected chi connectivity index (χ1v) is 11.8. The van der Waals surface area contributed by atoms with E-state index in [2.05, 4.69) is 38.7 Å². The summed E-state index contributed by atoms with van der Waals surface area (Å²) in [5.41, 5.74) is 0. The number of hydrogen-bond donors (Lipinski definition) is 0. The van der Waals surface area contributed by atoms with Gasteiger partial charge in [-0.05, 0) is 38.0 Å². The van der Waals surface area contributed by atoms with Crippen molar-refractivity contribution in [2.24, 2.45) is 5.92 Å². The molecule has 0 aliphatic heterocycles. The van der Waals surface area contributed by atoms with E-state index in [0.717, 1.165) is 19.3 Å². The maximum Gasteiger partial charge on any atom is 0.306 e. The van der Waals surface area contributed by atoms with Crippen LogP contribution in [0.15, 0.2) is 37.0 Å². The molecule has 0 aromatic rings. The molecule has 28 heavy (non-hydrogen) atoms. The van der Waals surface area contributed by atoms with Gasteiger partial charge in [0.25, 0.3) is 0 Å². The van der Waals surface area contributed by atoms with Crippen molar-refractivity contribution in [1.82, 2.24) is 0 Å². The Hall–Kier alpha value is -1.31. The zero-order valence-electron chi connectivity index (χ0n) is 18.8. The Labute approximate surface area is 175 Å². The maximum absolute atomic E-state index is 12.1. The molecule has 0 fully saturated rings. The Bertz CT molecular complexity index is 409. The van der Waals surface area contributed by atoms with E-state index >= 15 is 0 Å². The number of carbonyl (C=O) groups excluding carboxylic acids is 1. The molecule has 0 aliphatic rings. The van der Waals surface area contributed by atoms with Gasteiger partial charge in [-0.2, -0.15) is 0 Å². The van der Waals surface area contributed by atoms with Crippen molar-refractivity contribution in [1.29, 1.82) is 0 Å². The molecule has 0 spiro atoms. The van der Waals surface area contributed by atoms with Crippen LogP contribution >= 0.6 is 0 Å². The van der Waals surface area contributed by atoms with E-state index in [1.54, 1.807) is 6.08 Å². The fraction of sp³-hybridized carbons (Fsp3) is 0.731. The van der Waals surface area contributed by atoms with Crippen molar-refractivity contribution < 1.29 is 9.53 Å². The summed E-state index contributed by atoms with van der Waals surface area (Å²) in [6, 6.07) is 0. The van der Waals surface area contributed by atoms with Gasteiger partial charge in [0.2, 0.25) is 0 Å². The van der Waals surface area contributed by atoms with Crippen LogP contribution in [0.2, 0.25) is 0 Å². The molecule has 2 nitrogen and oxygen atoms in total. The standard InChI is InChI=1S/C26H46O2/c1-4-7-10-12-13-14-15-16-18-20-23-28-26(27)24-25(21-9-6-3)22-19-17-11-8-5-2/h6,9-10,12,21,25H,3-5,7-8,11,13-20,22-24H2,1-2H3/b12-10-,21-9+. The number of hydrogen-bond acceptors (Lipinski definition) is 2. The van der Waals surface area contributed by atoms with Gasteiger partial charge in [0.05, 0.1) is 13.0 Å². The summed E-state index contributed by atoms with van der Waals surface area (Å²) in [5, 5.41) is 0. The molecule has 0 heterocycles. The first-order valence-electron chi connectivity index (χ1n) is 11.8. The normalized spacial score (nSPS) is 12.6. The lowest BCUT2D eigenvalue weighted by molar-refractivity contribution is -0.144. The highest BCUT2D eigenvalue weighted by Gasteiger charge is 2.12. The van der Waals surface area contributed by atoms with Gasteiger partial charge >= 0.3 is 5.97 Å². The molecule has 0 radical (unpaired) electrons. The monoisotopic (exact) mass is 390 g/mol. The predicted molar refractivity (Wildman–Crippen MR) is 124 cm³/mol. The van der Waals surface area contributed by atoms with Gasteiger partial charge in [-0.3, -0.25) is 4.79 Å². The summed E-state index contributed by atoms with van der Waals surface area (Å²) in [7, 11) is 0. The summed E-state index contributed by atoms with van der Waals surface area (Å²) in [5.74, 6) is 0.237. The first kappa shape index (κ1) is 26.7. The molecule has 0 N–H and O–H groups in total. The Morgan fingerprint density at radius 1 is 0.857 bits per heavy atom. The molecule has 1 unspecified atom stereocenters. The van der Waals surface area contributed by atoms with Gasteiger partial charge in [0, 0.05) is 0 Å². The van der Waals surface area contributed by atoms with E-state index in [1.807, 2.05) is 6.08 Å². The van der Waals surface area contributed by atoms with E-state index < -0.39 is 0 Å². The van der Waals surface area contributed by atoms with Gasteiger partial charge in [0.1, 0.15) is 0 Å². The van der Waals surface area contributed by atoms with E-state index in [1.165, 1.54) is 70.6 Å². The molecular formula is C26H46O2. The van der Waals surface area contributed by atoms with E-state index in [9.17, 15) is 4.79 Å². The molecule has 0 amide bonds. The molecule has 1 atom stereocenters. The minimum atomic E-state index is -0.0478. The van der Waals surface area contributed by atoms with E-state index in [4.69, 9.17) is 4.74 Å². The highest BCUT2D eigenvalue weighted by Crippen LogP contribution is 2.17. The highest BCUT2D eigenvalue weighted by atomic mass is 16.5. The SMILES string of the molecule is C=C/C=C/C(CCCCCCC)CC(=O)OCCCCCCC/C=C\CCC. The van der Waals surface area contributed by atoms with E-state index in [0.29, 0.717) is 13.0 Å². The Morgan fingerprint density at radius 2 is 1.54 bits per heavy atom. The Kier molecular flexibility index (Phi) is 21.0. The van der Waals surface area contributed by atoms with Crippen LogP contribution in [0.4, 0.5) is 0 Å².